The summed E-state index contributed by atoms with van der Waals surface area (Å²) in [6, 6.07) is 13.3. The van der Waals surface area contributed by atoms with E-state index < -0.39 is 5.95 Å². The predicted molar refractivity (Wildman–Crippen MR) is 81.0 cm³/mol. The van der Waals surface area contributed by atoms with E-state index in [1.54, 1.807) is 43.5 Å². The number of nitrogens with zero attached hydrogens (tertiary/aromatic N) is 2. The van der Waals surface area contributed by atoms with Gasteiger partial charge < -0.3 is 19.7 Å². The molecule has 3 rings (SSSR count). The fourth-order valence-corrected chi connectivity index (χ4v) is 2.27. The van der Waals surface area contributed by atoms with Crippen LogP contribution in [-0.2, 0) is 13.1 Å². The van der Waals surface area contributed by atoms with Crippen LogP contribution < -0.4 is 19.8 Å². The van der Waals surface area contributed by atoms with Crippen LogP contribution in [-0.4, -0.2) is 12.4 Å². The summed E-state index contributed by atoms with van der Waals surface area (Å²) in [5, 5.41) is 18.8. The first-order chi connectivity index (χ1) is 11.7. The Morgan fingerprint density at radius 3 is 2.50 bits per heavy atom. The third-order valence-electron chi connectivity index (χ3n) is 3.55. The molecular formula is C17H16FN3O3. The molecule has 0 aliphatic heterocycles. The van der Waals surface area contributed by atoms with Crippen molar-refractivity contribution >= 4 is 0 Å². The summed E-state index contributed by atoms with van der Waals surface area (Å²) in [6.45, 7) is 0.763. The summed E-state index contributed by atoms with van der Waals surface area (Å²) in [7, 11) is 1.58. The highest BCUT2D eigenvalue weighted by molar-refractivity contribution is 5.31. The van der Waals surface area contributed by atoms with E-state index in [9.17, 15) is 9.50 Å². The maximum atomic E-state index is 12.9. The molecule has 0 saturated carbocycles. The van der Waals surface area contributed by atoms with Crippen molar-refractivity contribution in [3.05, 3.63) is 65.6 Å². The zero-order valence-corrected chi connectivity index (χ0v) is 13.0. The summed E-state index contributed by atoms with van der Waals surface area (Å²) in [6.07, 6.45) is 0. The van der Waals surface area contributed by atoms with Crippen molar-refractivity contribution in [2.45, 2.75) is 13.1 Å². The molecular weight excluding hydrogens is 313 g/mol. The van der Waals surface area contributed by atoms with Gasteiger partial charge in [0, 0.05) is 18.7 Å². The molecule has 0 amide bonds. The Morgan fingerprint density at radius 1 is 1.12 bits per heavy atom. The molecule has 0 aliphatic rings. The summed E-state index contributed by atoms with van der Waals surface area (Å²) < 4.78 is 24.2. The summed E-state index contributed by atoms with van der Waals surface area (Å²) in [5.41, 5.74) is 1.99. The van der Waals surface area contributed by atoms with Gasteiger partial charge in [-0.15, -0.1) is 0 Å². The predicted octanol–water partition coefficient (Wildman–Crippen LogP) is 1.46. The Balaban J connectivity index is 1.71. The lowest BCUT2D eigenvalue weighted by atomic mass is 10.2. The molecule has 6 nitrogen and oxygen atoms in total. The number of aromatic nitrogens is 2. The fourth-order valence-electron chi connectivity index (χ4n) is 2.27. The van der Waals surface area contributed by atoms with Gasteiger partial charge in [-0.05, 0) is 34.5 Å². The number of nitrogens with one attached hydrogen (secondary N) is 1. The largest absolute Gasteiger partial charge is 0.539 e. The monoisotopic (exact) mass is 329 g/mol. The quantitative estimate of drug-likeness (QED) is 0.693. The third-order valence-corrected chi connectivity index (χ3v) is 3.55. The normalized spacial score (nSPS) is 10.8. The van der Waals surface area contributed by atoms with Gasteiger partial charge in [-0.2, -0.15) is 0 Å². The van der Waals surface area contributed by atoms with Gasteiger partial charge in [0.25, 0.3) is 5.69 Å². The first-order valence-corrected chi connectivity index (χ1v) is 7.35. The van der Waals surface area contributed by atoms with E-state index in [4.69, 9.17) is 9.26 Å². The van der Waals surface area contributed by atoms with Gasteiger partial charge in [0.05, 0.1) is 18.9 Å². The van der Waals surface area contributed by atoms with Gasteiger partial charge in [-0.25, -0.2) is 4.39 Å². The average molecular weight is 329 g/mol. The number of hydrogen-bond acceptors (Lipinski definition) is 5. The average Bonchev–Trinajstić information content (AvgIpc) is 2.98. The minimum atomic E-state index is -0.502. The molecule has 0 bridgehead atoms. The van der Waals surface area contributed by atoms with E-state index >= 15 is 0 Å². The Bertz CT molecular complexity index is 801. The van der Waals surface area contributed by atoms with Gasteiger partial charge in [-0.1, -0.05) is 12.1 Å². The van der Waals surface area contributed by atoms with Crippen LogP contribution in [0.5, 0.6) is 11.7 Å². The number of benzene rings is 2. The Kier molecular flexibility index (Phi) is 4.72. The second-order valence-electron chi connectivity index (χ2n) is 5.15. The minimum absolute atomic E-state index is 0.270. The number of hydrogen-bond donors (Lipinski definition) is 1. The van der Waals surface area contributed by atoms with Crippen LogP contribution >= 0.6 is 0 Å². The molecule has 1 aromatic heterocycles. The van der Waals surface area contributed by atoms with Crippen LogP contribution in [0.25, 0.3) is 5.69 Å². The molecule has 1 heterocycles. The van der Waals surface area contributed by atoms with Gasteiger partial charge >= 0.3 is 0 Å². The zero-order valence-electron chi connectivity index (χ0n) is 13.0. The maximum absolute atomic E-state index is 12.9. The molecule has 0 fully saturated rings. The fraction of sp³-hybridized carbons (Fsp3) is 0.176. The standard InChI is InChI=1S/C17H16FN3O3/c1-23-15-8-6-14(7-9-15)21-16(17(22)24-20-21)11-19-10-12-2-4-13(18)5-3-12/h2-9,19H,10-11H2,1H3. The van der Waals surface area contributed by atoms with Crippen molar-refractivity contribution in [2.75, 3.05) is 7.11 Å². The molecule has 0 radical (unpaired) electrons. The molecule has 0 atom stereocenters. The van der Waals surface area contributed by atoms with Crippen LogP contribution in [0.3, 0.4) is 0 Å². The van der Waals surface area contributed by atoms with Crippen molar-refractivity contribution in [3.63, 3.8) is 0 Å². The molecule has 124 valence electrons. The highest BCUT2D eigenvalue weighted by Crippen LogP contribution is 2.14. The lowest BCUT2D eigenvalue weighted by molar-refractivity contribution is -0.677. The Labute approximate surface area is 138 Å². The Morgan fingerprint density at radius 2 is 1.83 bits per heavy atom. The highest BCUT2D eigenvalue weighted by atomic mass is 19.1. The lowest BCUT2D eigenvalue weighted by Gasteiger charge is -2.03. The van der Waals surface area contributed by atoms with Crippen LogP contribution in [0.1, 0.15) is 11.3 Å². The number of ether oxygens (including phenoxy) is 1. The first-order valence-electron chi connectivity index (χ1n) is 7.35. The molecule has 0 spiro atoms. The minimum Gasteiger partial charge on any atom is -0.539 e. The van der Waals surface area contributed by atoms with Gasteiger partial charge in [0.1, 0.15) is 11.6 Å². The Hall–Kier alpha value is -2.93. The van der Waals surface area contributed by atoms with E-state index in [1.165, 1.54) is 16.8 Å². The van der Waals surface area contributed by atoms with E-state index in [0.29, 0.717) is 23.7 Å². The van der Waals surface area contributed by atoms with Crippen LogP contribution in [0.15, 0.2) is 53.1 Å². The van der Waals surface area contributed by atoms with Crippen LogP contribution in [0.2, 0.25) is 0 Å². The topological polar surface area (TPSA) is 74.2 Å². The van der Waals surface area contributed by atoms with E-state index in [1.807, 2.05) is 0 Å². The molecule has 0 saturated heterocycles. The highest BCUT2D eigenvalue weighted by Gasteiger charge is 2.19. The summed E-state index contributed by atoms with van der Waals surface area (Å²) in [5.74, 6) is -0.0735. The van der Waals surface area contributed by atoms with Crippen molar-refractivity contribution in [1.29, 1.82) is 0 Å². The number of rotatable bonds is 6. The van der Waals surface area contributed by atoms with Gasteiger partial charge in [0.15, 0.2) is 5.95 Å². The molecule has 3 aromatic rings. The maximum Gasteiger partial charge on any atom is 0.253 e. The SMILES string of the molecule is COc1ccc(-[n+]2noc([O-])c2CNCc2ccc(F)cc2)cc1. The van der Waals surface area contributed by atoms with Gasteiger partial charge in [0.2, 0.25) is 5.69 Å². The number of halogens is 1. The van der Waals surface area contributed by atoms with E-state index in [2.05, 4.69) is 10.6 Å². The van der Waals surface area contributed by atoms with Crippen LogP contribution in [0.4, 0.5) is 4.39 Å². The van der Waals surface area contributed by atoms with Crippen molar-refractivity contribution in [2.24, 2.45) is 0 Å². The molecule has 2 aromatic carbocycles. The molecule has 24 heavy (non-hydrogen) atoms. The smallest absolute Gasteiger partial charge is 0.253 e. The van der Waals surface area contributed by atoms with Crippen LogP contribution in [0, 0.1) is 5.82 Å². The first kappa shape index (κ1) is 15.9. The van der Waals surface area contributed by atoms with Crippen molar-refractivity contribution in [3.8, 4) is 17.4 Å². The van der Waals surface area contributed by atoms with Crippen molar-refractivity contribution < 1.29 is 23.4 Å². The van der Waals surface area contributed by atoms with E-state index in [-0.39, 0.29) is 12.4 Å². The lowest BCUT2D eigenvalue weighted by Crippen LogP contribution is -2.38. The number of methoxy groups -OCH3 is 1. The third kappa shape index (κ3) is 3.52. The summed E-state index contributed by atoms with van der Waals surface area (Å²) >= 11 is 0. The molecule has 1 N–H and O–H groups in total. The molecule has 0 unspecified atom stereocenters. The zero-order chi connectivity index (χ0) is 16.9. The molecule has 7 heteroatoms. The second kappa shape index (κ2) is 7.10. The second-order valence-corrected chi connectivity index (χ2v) is 5.15. The van der Waals surface area contributed by atoms with Gasteiger partial charge in [-0.3, -0.25) is 0 Å². The molecule has 0 aliphatic carbocycles. The van der Waals surface area contributed by atoms with Crippen molar-refractivity contribution in [1.82, 2.24) is 10.6 Å². The van der Waals surface area contributed by atoms with E-state index in [0.717, 1.165) is 5.56 Å². The summed E-state index contributed by atoms with van der Waals surface area (Å²) in [4.78, 5) is 0.